The Bertz CT molecular complexity index is 455. The number of hydrogen-bond acceptors (Lipinski definition) is 5. The monoisotopic (exact) mass is 236 g/mol. The molecule has 0 aromatic heterocycles. The average Bonchev–Trinajstić information content (AvgIpc) is 2.30. The maximum Gasteiger partial charge on any atom is 0.338 e. The van der Waals surface area contributed by atoms with Crippen molar-refractivity contribution >= 4 is 17.4 Å². The topological polar surface area (TPSA) is 95.4 Å². The van der Waals surface area contributed by atoms with Crippen molar-refractivity contribution in [1.29, 1.82) is 0 Å². The van der Waals surface area contributed by atoms with Gasteiger partial charge in [-0.3, -0.25) is 4.79 Å². The number of methoxy groups -OCH3 is 1. The first-order valence-corrected chi connectivity index (χ1v) is 5.23. The molecule has 5 nitrogen and oxygen atoms in total. The second-order valence-corrected chi connectivity index (χ2v) is 3.71. The first kappa shape index (κ1) is 13.2. The van der Waals surface area contributed by atoms with Crippen molar-refractivity contribution in [3.8, 4) is 0 Å². The number of carbonyl (C=O) groups excluding carboxylic acids is 2. The number of rotatable bonds is 4. The summed E-state index contributed by atoms with van der Waals surface area (Å²) >= 11 is 0. The number of aryl methyl sites for hydroxylation is 1. The van der Waals surface area contributed by atoms with E-state index >= 15 is 0 Å². The molecule has 0 amide bonds. The molecule has 1 aromatic carbocycles. The van der Waals surface area contributed by atoms with Gasteiger partial charge in [-0.1, -0.05) is 0 Å². The van der Waals surface area contributed by atoms with Crippen LogP contribution in [0.5, 0.6) is 0 Å². The van der Waals surface area contributed by atoms with Gasteiger partial charge in [-0.05, 0) is 31.2 Å². The summed E-state index contributed by atoms with van der Waals surface area (Å²) in [7, 11) is 1.30. The van der Waals surface area contributed by atoms with E-state index in [1.54, 1.807) is 13.0 Å². The first-order chi connectivity index (χ1) is 8.01. The molecule has 0 aliphatic heterocycles. The molecule has 0 spiro atoms. The summed E-state index contributed by atoms with van der Waals surface area (Å²) in [6.45, 7) is 2.00. The van der Waals surface area contributed by atoms with Crippen molar-refractivity contribution in [2.75, 3.05) is 19.4 Å². The summed E-state index contributed by atoms with van der Waals surface area (Å²) < 4.78 is 4.62. The molecule has 1 aromatic rings. The van der Waals surface area contributed by atoms with Crippen LogP contribution in [0.4, 0.5) is 5.69 Å². The zero-order valence-corrected chi connectivity index (χ0v) is 9.95. The number of anilines is 1. The predicted molar refractivity (Wildman–Crippen MR) is 64.9 cm³/mol. The molecule has 5 heteroatoms. The lowest BCUT2D eigenvalue weighted by Crippen LogP contribution is -2.12. The molecule has 0 atom stereocenters. The van der Waals surface area contributed by atoms with E-state index in [1.807, 2.05) is 0 Å². The number of Topliss-reactive ketones (excluding diaryl/α,β-unsaturated/α-hetero) is 1. The Kier molecular flexibility index (Phi) is 4.23. The van der Waals surface area contributed by atoms with Gasteiger partial charge in [0.1, 0.15) is 0 Å². The smallest absolute Gasteiger partial charge is 0.338 e. The SMILES string of the molecule is COC(=O)c1cc(N)c(C(=O)CCN)cc1C. The molecule has 0 bridgehead atoms. The first-order valence-electron chi connectivity index (χ1n) is 5.23. The number of ether oxygens (including phenoxy) is 1. The number of hydrogen-bond donors (Lipinski definition) is 2. The van der Waals surface area contributed by atoms with Gasteiger partial charge in [-0.2, -0.15) is 0 Å². The molecule has 92 valence electrons. The van der Waals surface area contributed by atoms with Gasteiger partial charge in [0.05, 0.1) is 12.7 Å². The fraction of sp³-hybridized carbons (Fsp3) is 0.333. The molecule has 0 unspecified atom stereocenters. The van der Waals surface area contributed by atoms with Gasteiger partial charge in [-0.15, -0.1) is 0 Å². The summed E-state index contributed by atoms with van der Waals surface area (Å²) in [5.74, 6) is -0.587. The highest BCUT2D eigenvalue weighted by molar-refractivity contribution is 6.03. The quantitative estimate of drug-likeness (QED) is 0.460. The Morgan fingerprint density at radius 1 is 1.29 bits per heavy atom. The van der Waals surface area contributed by atoms with E-state index in [2.05, 4.69) is 4.74 Å². The van der Waals surface area contributed by atoms with Gasteiger partial charge in [0.2, 0.25) is 0 Å². The minimum Gasteiger partial charge on any atom is -0.465 e. The lowest BCUT2D eigenvalue weighted by atomic mass is 9.99. The Balaban J connectivity index is 3.18. The summed E-state index contributed by atoms with van der Waals surface area (Å²) in [6.07, 6.45) is 0.237. The van der Waals surface area contributed by atoms with Crippen molar-refractivity contribution in [3.63, 3.8) is 0 Å². The zero-order chi connectivity index (χ0) is 13.0. The molecule has 0 aliphatic carbocycles. The van der Waals surface area contributed by atoms with E-state index in [9.17, 15) is 9.59 Å². The molecule has 0 saturated carbocycles. The number of ketones is 1. The Morgan fingerprint density at radius 2 is 1.94 bits per heavy atom. The fourth-order valence-electron chi connectivity index (χ4n) is 1.56. The van der Waals surface area contributed by atoms with Gasteiger partial charge < -0.3 is 16.2 Å². The standard InChI is InChI=1S/C12H16N2O3/c1-7-5-9(11(15)3-4-13)10(14)6-8(7)12(16)17-2/h5-6H,3-4,13-14H2,1-2H3. The lowest BCUT2D eigenvalue weighted by Gasteiger charge is -2.09. The Morgan fingerprint density at radius 3 is 2.47 bits per heavy atom. The summed E-state index contributed by atoms with van der Waals surface area (Å²) in [4.78, 5) is 23.1. The highest BCUT2D eigenvalue weighted by atomic mass is 16.5. The third kappa shape index (κ3) is 2.82. The van der Waals surface area contributed by atoms with Crippen molar-refractivity contribution in [2.24, 2.45) is 5.73 Å². The van der Waals surface area contributed by atoms with Gasteiger partial charge in [0.25, 0.3) is 0 Å². The molecular weight excluding hydrogens is 220 g/mol. The largest absolute Gasteiger partial charge is 0.465 e. The number of nitrogens with two attached hydrogens (primary N) is 2. The zero-order valence-electron chi connectivity index (χ0n) is 9.95. The van der Waals surface area contributed by atoms with Crippen LogP contribution in [0.3, 0.4) is 0 Å². The molecule has 4 N–H and O–H groups in total. The van der Waals surface area contributed by atoms with Crippen molar-refractivity contribution < 1.29 is 14.3 Å². The predicted octanol–water partition coefficient (Wildman–Crippen LogP) is 0.895. The van der Waals surface area contributed by atoms with Gasteiger partial charge in [-0.25, -0.2) is 4.79 Å². The minimum atomic E-state index is -0.466. The number of carbonyl (C=O) groups is 2. The van der Waals surface area contributed by atoms with E-state index in [0.29, 0.717) is 16.7 Å². The molecule has 1 rings (SSSR count). The molecule has 0 saturated heterocycles. The third-order valence-corrected chi connectivity index (χ3v) is 2.47. The average molecular weight is 236 g/mol. The lowest BCUT2D eigenvalue weighted by molar-refractivity contribution is 0.0599. The van der Waals surface area contributed by atoms with E-state index in [4.69, 9.17) is 11.5 Å². The third-order valence-electron chi connectivity index (χ3n) is 2.47. The van der Waals surface area contributed by atoms with E-state index in [0.717, 1.165) is 0 Å². The summed E-state index contributed by atoms with van der Waals surface area (Å²) in [6, 6.07) is 3.06. The van der Waals surface area contributed by atoms with E-state index < -0.39 is 5.97 Å². The van der Waals surface area contributed by atoms with Crippen LogP contribution in [0.1, 0.15) is 32.7 Å². The fourth-order valence-corrected chi connectivity index (χ4v) is 1.56. The van der Waals surface area contributed by atoms with Crippen LogP contribution < -0.4 is 11.5 Å². The van der Waals surface area contributed by atoms with Crippen LogP contribution in [0.25, 0.3) is 0 Å². The Hall–Kier alpha value is -1.88. The van der Waals surface area contributed by atoms with Crippen molar-refractivity contribution in [3.05, 3.63) is 28.8 Å². The number of benzene rings is 1. The highest BCUT2D eigenvalue weighted by Crippen LogP contribution is 2.20. The normalized spacial score (nSPS) is 10.1. The number of nitrogen functional groups attached to an aromatic ring is 1. The minimum absolute atomic E-state index is 0.121. The van der Waals surface area contributed by atoms with Crippen LogP contribution in [-0.2, 0) is 4.74 Å². The molecule has 17 heavy (non-hydrogen) atoms. The molecule has 0 heterocycles. The van der Waals surface area contributed by atoms with Crippen LogP contribution in [-0.4, -0.2) is 25.4 Å². The van der Waals surface area contributed by atoms with Gasteiger partial charge in [0, 0.05) is 17.7 Å². The maximum absolute atomic E-state index is 11.7. The summed E-state index contributed by atoms with van der Waals surface area (Å²) in [5.41, 5.74) is 12.8. The van der Waals surface area contributed by atoms with Crippen LogP contribution in [0.15, 0.2) is 12.1 Å². The second kappa shape index (κ2) is 5.45. The van der Waals surface area contributed by atoms with Crippen molar-refractivity contribution in [1.82, 2.24) is 0 Å². The van der Waals surface area contributed by atoms with E-state index in [-0.39, 0.29) is 24.4 Å². The maximum atomic E-state index is 11.7. The van der Waals surface area contributed by atoms with E-state index in [1.165, 1.54) is 13.2 Å². The Labute approximate surface area is 99.7 Å². The second-order valence-electron chi connectivity index (χ2n) is 3.71. The molecule has 0 aliphatic rings. The van der Waals surface area contributed by atoms with Crippen LogP contribution >= 0.6 is 0 Å². The summed E-state index contributed by atoms with van der Waals surface area (Å²) in [5, 5.41) is 0. The van der Waals surface area contributed by atoms with Crippen molar-refractivity contribution in [2.45, 2.75) is 13.3 Å². The highest BCUT2D eigenvalue weighted by Gasteiger charge is 2.15. The molecule has 0 radical (unpaired) electrons. The van der Waals surface area contributed by atoms with Crippen LogP contribution in [0.2, 0.25) is 0 Å². The van der Waals surface area contributed by atoms with Gasteiger partial charge in [0.15, 0.2) is 5.78 Å². The molecular formula is C12H16N2O3. The van der Waals surface area contributed by atoms with Crippen LogP contribution in [0, 0.1) is 6.92 Å². The van der Waals surface area contributed by atoms with Gasteiger partial charge >= 0.3 is 5.97 Å². The molecule has 0 fully saturated rings. The number of esters is 1.